The molecule has 0 atom stereocenters. The van der Waals surface area contributed by atoms with E-state index in [4.69, 9.17) is 5.26 Å². The first-order valence-electron chi connectivity index (χ1n) is 5.64. The minimum absolute atomic E-state index is 0.538. The first-order chi connectivity index (χ1) is 7.79. The number of nitriles is 1. The van der Waals surface area contributed by atoms with Gasteiger partial charge >= 0.3 is 0 Å². The summed E-state index contributed by atoms with van der Waals surface area (Å²) >= 11 is 2.02. The lowest BCUT2D eigenvalue weighted by molar-refractivity contribution is 0.666. The monoisotopic (exact) mass is 232 g/mol. The number of thioether (sulfide) groups is 1. The van der Waals surface area contributed by atoms with Crippen LogP contribution in [0.25, 0.3) is 0 Å². The molecule has 3 heteroatoms. The number of anilines is 1. The van der Waals surface area contributed by atoms with E-state index in [-0.39, 0.29) is 0 Å². The van der Waals surface area contributed by atoms with Crippen LogP contribution in [0.4, 0.5) is 5.69 Å². The third-order valence-corrected chi connectivity index (χ3v) is 3.93. The van der Waals surface area contributed by atoms with Crippen molar-refractivity contribution in [1.29, 1.82) is 5.26 Å². The van der Waals surface area contributed by atoms with Gasteiger partial charge in [-0.3, -0.25) is 0 Å². The lowest BCUT2D eigenvalue weighted by Crippen LogP contribution is -2.24. The average Bonchev–Trinajstić information content (AvgIpc) is 2.33. The molecule has 2 rings (SSSR count). The largest absolute Gasteiger partial charge is 0.381 e. The van der Waals surface area contributed by atoms with Crippen LogP contribution in [-0.4, -0.2) is 17.5 Å². The Labute approximate surface area is 101 Å². The van der Waals surface area contributed by atoms with Gasteiger partial charge in [-0.2, -0.15) is 17.0 Å². The van der Waals surface area contributed by atoms with Crippen LogP contribution >= 0.6 is 11.8 Å². The molecule has 1 aromatic carbocycles. The fourth-order valence-electron chi connectivity index (χ4n) is 1.94. The molecule has 0 aliphatic carbocycles. The molecule has 0 saturated carbocycles. The van der Waals surface area contributed by atoms with Crippen molar-refractivity contribution in [2.24, 2.45) is 0 Å². The van der Waals surface area contributed by atoms with Gasteiger partial charge in [0.25, 0.3) is 0 Å². The first kappa shape index (κ1) is 11.3. The quantitative estimate of drug-likeness (QED) is 0.850. The van der Waals surface area contributed by atoms with Gasteiger partial charge < -0.3 is 5.32 Å². The van der Waals surface area contributed by atoms with Crippen LogP contribution in [0, 0.1) is 18.3 Å². The van der Waals surface area contributed by atoms with Gasteiger partial charge in [-0.15, -0.1) is 0 Å². The van der Waals surface area contributed by atoms with E-state index in [1.165, 1.54) is 24.3 Å². The molecule has 1 saturated heterocycles. The van der Waals surface area contributed by atoms with Gasteiger partial charge in [0, 0.05) is 6.04 Å². The first-order valence-corrected chi connectivity index (χ1v) is 6.80. The van der Waals surface area contributed by atoms with E-state index >= 15 is 0 Å². The molecule has 1 aromatic rings. The van der Waals surface area contributed by atoms with Crippen LogP contribution in [0.1, 0.15) is 24.0 Å². The maximum atomic E-state index is 9.08. The van der Waals surface area contributed by atoms with E-state index in [0.717, 1.165) is 16.8 Å². The van der Waals surface area contributed by atoms with Gasteiger partial charge in [0.05, 0.1) is 11.3 Å². The summed E-state index contributed by atoms with van der Waals surface area (Å²) in [6, 6.07) is 8.82. The van der Waals surface area contributed by atoms with Crippen LogP contribution in [0.5, 0.6) is 0 Å². The maximum absolute atomic E-state index is 9.08. The van der Waals surface area contributed by atoms with Gasteiger partial charge in [0.2, 0.25) is 0 Å². The van der Waals surface area contributed by atoms with Crippen molar-refractivity contribution in [3.63, 3.8) is 0 Å². The number of nitrogens with zero attached hydrogens (tertiary/aromatic N) is 1. The SMILES string of the molecule is Cc1ccc(NC2CCSCC2)c(C#N)c1. The summed E-state index contributed by atoms with van der Waals surface area (Å²) in [4.78, 5) is 0. The second-order valence-corrected chi connectivity index (χ2v) is 5.42. The lowest BCUT2D eigenvalue weighted by Gasteiger charge is -2.24. The molecule has 0 spiro atoms. The zero-order valence-electron chi connectivity index (χ0n) is 9.49. The predicted molar refractivity (Wildman–Crippen MR) is 69.9 cm³/mol. The fourth-order valence-corrected chi connectivity index (χ4v) is 3.04. The summed E-state index contributed by atoms with van der Waals surface area (Å²) in [6.45, 7) is 2.02. The van der Waals surface area contributed by atoms with Crippen LogP contribution in [0.2, 0.25) is 0 Å². The predicted octanol–water partition coefficient (Wildman–Crippen LogP) is 3.17. The van der Waals surface area contributed by atoms with E-state index in [2.05, 4.69) is 17.5 Å². The third-order valence-electron chi connectivity index (χ3n) is 2.88. The van der Waals surface area contributed by atoms with Crippen molar-refractivity contribution in [2.45, 2.75) is 25.8 Å². The molecule has 16 heavy (non-hydrogen) atoms. The van der Waals surface area contributed by atoms with Gasteiger partial charge in [-0.25, -0.2) is 0 Å². The summed E-state index contributed by atoms with van der Waals surface area (Å²) in [5.74, 6) is 2.46. The summed E-state index contributed by atoms with van der Waals surface area (Å²) in [7, 11) is 0. The van der Waals surface area contributed by atoms with E-state index < -0.39 is 0 Å². The Kier molecular flexibility index (Phi) is 3.74. The molecular formula is C13H16N2S. The van der Waals surface area contributed by atoms with Crippen molar-refractivity contribution in [2.75, 3.05) is 16.8 Å². The molecule has 0 amide bonds. The Morgan fingerprint density at radius 2 is 2.12 bits per heavy atom. The normalized spacial score (nSPS) is 16.8. The van der Waals surface area contributed by atoms with E-state index in [0.29, 0.717) is 6.04 Å². The molecule has 2 nitrogen and oxygen atoms in total. The molecule has 1 N–H and O–H groups in total. The summed E-state index contributed by atoms with van der Waals surface area (Å²) in [5, 5.41) is 12.6. The summed E-state index contributed by atoms with van der Waals surface area (Å²) < 4.78 is 0. The maximum Gasteiger partial charge on any atom is 0.101 e. The van der Waals surface area contributed by atoms with Gasteiger partial charge in [-0.1, -0.05) is 6.07 Å². The molecular weight excluding hydrogens is 216 g/mol. The summed E-state index contributed by atoms with van der Waals surface area (Å²) in [5.41, 5.74) is 2.89. The van der Waals surface area contributed by atoms with E-state index in [9.17, 15) is 0 Å². The fraction of sp³-hybridized carbons (Fsp3) is 0.462. The lowest BCUT2D eigenvalue weighted by atomic mass is 10.1. The van der Waals surface area contributed by atoms with Crippen molar-refractivity contribution in [3.8, 4) is 6.07 Å². The van der Waals surface area contributed by atoms with Crippen LogP contribution in [0.15, 0.2) is 18.2 Å². The Hall–Kier alpha value is -1.14. The second-order valence-electron chi connectivity index (χ2n) is 4.19. The minimum Gasteiger partial charge on any atom is -0.381 e. The van der Waals surface area contributed by atoms with Gasteiger partial charge in [0.1, 0.15) is 6.07 Å². The van der Waals surface area contributed by atoms with Gasteiger partial charge in [0.15, 0.2) is 0 Å². The number of hydrogen-bond acceptors (Lipinski definition) is 3. The number of rotatable bonds is 2. The molecule has 1 aliphatic rings. The van der Waals surface area contributed by atoms with Gasteiger partial charge in [-0.05, 0) is 49.0 Å². The highest BCUT2D eigenvalue weighted by Gasteiger charge is 2.14. The van der Waals surface area contributed by atoms with Crippen LogP contribution < -0.4 is 5.32 Å². The topological polar surface area (TPSA) is 35.8 Å². The van der Waals surface area contributed by atoms with Crippen molar-refractivity contribution in [3.05, 3.63) is 29.3 Å². The molecule has 1 heterocycles. The highest BCUT2D eigenvalue weighted by molar-refractivity contribution is 7.99. The standard InChI is InChI=1S/C13H16N2S/c1-10-2-3-13(11(8-10)9-14)15-12-4-6-16-7-5-12/h2-3,8,12,15H,4-7H2,1H3. The second kappa shape index (κ2) is 5.27. The third kappa shape index (κ3) is 2.70. The Balaban J connectivity index is 2.11. The Morgan fingerprint density at radius 1 is 1.38 bits per heavy atom. The molecule has 1 aliphatic heterocycles. The Morgan fingerprint density at radius 3 is 2.81 bits per heavy atom. The van der Waals surface area contributed by atoms with Crippen LogP contribution in [0.3, 0.4) is 0 Å². The molecule has 0 bridgehead atoms. The van der Waals surface area contributed by atoms with Crippen molar-refractivity contribution in [1.82, 2.24) is 0 Å². The smallest absolute Gasteiger partial charge is 0.101 e. The van der Waals surface area contributed by atoms with E-state index in [1.807, 2.05) is 30.8 Å². The number of hydrogen-bond donors (Lipinski definition) is 1. The molecule has 84 valence electrons. The minimum atomic E-state index is 0.538. The average molecular weight is 232 g/mol. The highest BCUT2D eigenvalue weighted by atomic mass is 32.2. The van der Waals surface area contributed by atoms with Crippen molar-refractivity contribution < 1.29 is 0 Å². The number of aryl methyl sites for hydroxylation is 1. The zero-order chi connectivity index (χ0) is 11.4. The van der Waals surface area contributed by atoms with Crippen LogP contribution in [-0.2, 0) is 0 Å². The molecule has 1 fully saturated rings. The number of benzene rings is 1. The van der Waals surface area contributed by atoms with E-state index in [1.54, 1.807) is 0 Å². The Bertz CT molecular complexity index is 403. The van der Waals surface area contributed by atoms with Crippen molar-refractivity contribution >= 4 is 17.4 Å². The molecule has 0 aromatic heterocycles. The summed E-state index contributed by atoms with van der Waals surface area (Å²) in [6.07, 6.45) is 2.40. The zero-order valence-corrected chi connectivity index (χ0v) is 10.3. The highest BCUT2D eigenvalue weighted by Crippen LogP contribution is 2.23. The number of nitrogens with one attached hydrogen (secondary N) is 1. The molecule has 0 radical (unpaired) electrons. The molecule has 0 unspecified atom stereocenters.